The molecule has 0 saturated carbocycles. The fourth-order valence-electron chi connectivity index (χ4n) is 1.31. The van der Waals surface area contributed by atoms with E-state index in [2.05, 4.69) is 9.72 Å². The highest BCUT2D eigenvalue weighted by molar-refractivity contribution is 5.72. The van der Waals surface area contributed by atoms with Crippen molar-refractivity contribution in [3.8, 4) is 0 Å². The first kappa shape index (κ1) is 12.5. The molecule has 0 radical (unpaired) electrons. The van der Waals surface area contributed by atoms with Gasteiger partial charge in [0.15, 0.2) is 0 Å². The van der Waals surface area contributed by atoms with Gasteiger partial charge in [-0.1, -0.05) is 0 Å². The quantitative estimate of drug-likeness (QED) is 0.744. The monoisotopic (exact) mass is 229 g/mol. The van der Waals surface area contributed by atoms with Crippen molar-refractivity contribution >= 4 is 5.97 Å². The Bertz CT molecular complexity index is 380. The molecule has 1 heterocycles. The van der Waals surface area contributed by atoms with Gasteiger partial charge in [-0.25, -0.2) is 8.78 Å². The number of aryl methyl sites for hydroxylation is 1. The second-order valence-corrected chi connectivity index (χ2v) is 3.33. The van der Waals surface area contributed by atoms with Gasteiger partial charge in [0.25, 0.3) is 6.43 Å². The van der Waals surface area contributed by atoms with Crippen LogP contribution >= 0.6 is 0 Å². The van der Waals surface area contributed by atoms with Crippen LogP contribution in [0.25, 0.3) is 0 Å². The minimum atomic E-state index is -2.63. The third-order valence-corrected chi connectivity index (χ3v) is 1.99. The SMILES string of the molecule is CCOC(=O)Cc1ncc(C)cc1C(F)F. The van der Waals surface area contributed by atoms with Gasteiger partial charge in [-0.2, -0.15) is 0 Å². The predicted molar refractivity (Wildman–Crippen MR) is 54.3 cm³/mol. The molecule has 5 heteroatoms. The molecule has 0 saturated heterocycles. The second kappa shape index (κ2) is 5.53. The predicted octanol–water partition coefficient (Wildman–Crippen LogP) is 2.43. The molecule has 1 rings (SSSR count). The molecule has 0 atom stereocenters. The lowest BCUT2D eigenvalue weighted by atomic mass is 10.1. The largest absolute Gasteiger partial charge is 0.466 e. The summed E-state index contributed by atoms with van der Waals surface area (Å²) in [6, 6.07) is 1.34. The molecule has 0 bridgehead atoms. The summed E-state index contributed by atoms with van der Waals surface area (Å²) in [7, 11) is 0. The van der Waals surface area contributed by atoms with Gasteiger partial charge in [0.2, 0.25) is 0 Å². The van der Waals surface area contributed by atoms with Crippen molar-refractivity contribution in [2.75, 3.05) is 6.61 Å². The molecule has 0 fully saturated rings. The van der Waals surface area contributed by atoms with E-state index in [1.807, 2.05) is 0 Å². The lowest BCUT2D eigenvalue weighted by Gasteiger charge is -2.08. The summed E-state index contributed by atoms with van der Waals surface area (Å²) in [6.07, 6.45) is -1.38. The lowest BCUT2D eigenvalue weighted by Crippen LogP contribution is -2.11. The zero-order chi connectivity index (χ0) is 12.1. The third kappa shape index (κ3) is 3.25. The second-order valence-electron chi connectivity index (χ2n) is 3.33. The van der Waals surface area contributed by atoms with E-state index < -0.39 is 12.4 Å². The minimum Gasteiger partial charge on any atom is -0.466 e. The Morgan fingerprint density at radius 1 is 1.56 bits per heavy atom. The number of ether oxygens (including phenoxy) is 1. The van der Waals surface area contributed by atoms with Crippen LogP contribution < -0.4 is 0 Å². The van der Waals surface area contributed by atoms with Gasteiger partial charge in [-0.05, 0) is 25.5 Å². The average Bonchev–Trinajstić information content (AvgIpc) is 2.20. The number of carbonyl (C=O) groups excluding carboxylic acids is 1. The van der Waals surface area contributed by atoms with Crippen LogP contribution in [0.1, 0.15) is 30.2 Å². The van der Waals surface area contributed by atoms with E-state index in [0.29, 0.717) is 5.56 Å². The number of carbonyl (C=O) groups is 1. The van der Waals surface area contributed by atoms with Crippen LogP contribution in [0.3, 0.4) is 0 Å². The zero-order valence-corrected chi connectivity index (χ0v) is 9.17. The maximum atomic E-state index is 12.7. The number of aromatic nitrogens is 1. The van der Waals surface area contributed by atoms with Crippen LogP contribution in [-0.2, 0) is 16.0 Å². The topological polar surface area (TPSA) is 39.2 Å². The van der Waals surface area contributed by atoms with Crippen molar-refractivity contribution in [2.24, 2.45) is 0 Å². The molecule has 1 aromatic rings. The first-order valence-corrected chi connectivity index (χ1v) is 4.93. The summed E-state index contributed by atoms with van der Waals surface area (Å²) in [4.78, 5) is 15.0. The van der Waals surface area contributed by atoms with Crippen molar-refractivity contribution in [3.63, 3.8) is 0 Å². The Morgan fingerprint density at radius 3 is 2.81 bits per heavy atom. The van der Waals surface area contributed by atoms with Gasteiger partial charge < -0.3 is 4.74 Å². The van der Waals surface area contributed by atoms with E-state index in [4.69, 9.17) is 0 Å². The molecule has 88 valence electrons. The van der Waals surface area contributed by atoms with Crippen molar-refractivity contribution in [3.05, 3.63) is 29.1 Å². The number of rotatable bonds is 4. The highest BCUT2D eigenvalue weighted by Crippen LogP contribution is 2.22. The van der Waals surface area contributed by atoms with Crippen molar-refractivity contribution in [1.29, 1.82) is 0 Å². The molecule has 0 aromatic carbocycles. The molecule has 1 aromatic heterocycles. The van der Waals surface area contributed by atoms with Crippen LogP contribution in [0, 0.1) is 6.92 Å². The van der Waals surface area contributed by atoms with Gasteiger partial charge >= 0.3 is 5.97 Å². The van der Waals surface area contributed by atoms with E-state index in [-0.39, 0.29) is 24.3 Å². The molecule has 0 unspecified atom stereocenters. The first-order valence-electron chi connectivity index (χ1n) is 4.93. The van der Waals surface area contributed by atoms with Gasteiger partial charge in [0.1, 0.15) is 0 Å². The minimum absolute atomic E-state index is 0.0825. The molecule has 0 amide bonds. The summed E-state index contributed by atoms with van der Waals surface area (Å²) in [5, 5.41) is 0. The highest BCUT2D eigenvalue weighted by atomic mass is 19.3. The fourth-order valence-corrected chi connectivity index (χ4v) is 1.31. The molecule has 16 heavy (non-hydrogen) atoms. The highest BCUT2D eigenvalue weighted by Gasteiger charge is 2.17. The molecule has 0 spiro atoms. The number of esters is 1. The van der Waals surface area contributed by atoms with Crippen LogP contribution in [0.2, 0.25) is 0 Å². The Hall–Kier alpha value is -1.52. The maximum Gasteiger partial charge on any atom is 0.311 e. The van der Waals surface area contributed by atoms with Crippen LogP contribution in [0.15, 0.2) is 12.3 Å². The Kier molecular flexibility index (Phi) is 4.34. The van der Waals surface area contributed by atoms with Crippen molar-refractivity contribution in [2.45, 2.75) is 26.7 Å². The summed E-state index contributed by atoms with van der Waals surface area (Å²) in [5.41, 5.74) is 0.523. The Balaban J connectivity index is 2.90. The Morgan fingerprint density at radius 2 is 2.25 bits per heavy atom. The molecule has 3 nitrogen and oxygen atoms in total. The number of pyridine rings is 1. The van der Waals surface area contributed by atoms with Gasteiger partial charge in [0, 0.05) is 11.8 Å². The van der Waals surface area contributed by atoms with Crippen LogP contribution in [0.4, 0.5) is 8.78 Å². The summed E-state index contributed by atoms with van der Waals surface area (Å²) >= 11 is 0. The van der Waals surface area contributed by atoms with E-state index in [1.165, 1.54) is 12.3 Å². The standard InChI is InChI=1S/C11H13F2NO2/c1-3-16-10(15)5-9-8(11(12)13)4-7(2)6-14-9/h4,6,11H,3,5H2,1-2H3. The molecule has 0 aliphatic heterocycles. The first-order chi connectivity index (χ1) is 7.54. The van der Waals surface area contributed by atoms with E-state index in [0.717, 1.165) is 0 Å². The normalized spacial score (nSPS) is 10.6. The van der Waals surface area contributed by atoms with E-state index in [1.54, 1.807) is 13.8 Å². The fraction of sp³-hybridized carbons (Fsp3) is 0.455. The molecular formula is C11H13F2NO2. The van der Waals surface area contributed by atoms with Crippen LogP contribution in [-0.4, -0.2) is 17.6 Å². The van der Waals surface area contributed by atoms with Crippen molar-refractivity contribution < 1.29 is 18.3 Å². The molecule has 0 aliphatic carbocycles. The van der Waals surface area contributed by atoms with Gasteiger partial charge in [0.05, 0.1) is 18.7 Å². The van der Waals surface area contributed by atoms with Gasteiger partial charge in [-0.15, -0.1) is 0 Å². The third-order valence-electron chi connectivity index (χ3n) is 1.99. The van der Waals surface area contributed by atoms with E-state index >= 15 is 0 Å². The lowest BCUT2D eigenvalue weighted by molar-refractivity contribution is -0.142. The number of nitrogens with zero attached hydrogens (tertiary/aromatic N) is 1. The smallest absolute Gasteiger partial charge is 0.311 e. The van der Waals surface area contributed by atoms with Crippen LogP contribution in [0.5, 0.6) is 0 Å². The number of hydrogen-bond acceptors (Lipinski definition) is 3. The summed E-state index contributed by atoms with van der Waals surface area (Å²) in [6.45, 7) is 3.57. The Labute approximate surface area is 92.4 Å². The summed E-state index contributed by atoms with van der Waals surface area (Å²) in [5.74, 6) is -0.541. The molecule has 0 N–H and O–H groups in total. The number of halogens is 2. The molecular weight excluding hydrogens is 216 g/mol. The van der Waals surface area contributed by atoms with Crippen molar-refractivity contribution in [1.82, 2.24) is 4.98 Å². The zero-order valence-electron chi connectivity index (χ0n) is 9.17. The van der Waals surface area contributed by atoms with Gasteiger partial charge in [-0.3, -0.25) is 9.78 Å². The number of alkyl halides is 2. The summed E-state index contributed by atoms with van der Waals surface area (Å²) < 4.78 is 30.0. The maximum absolute atomic E-state index is 12.7. The number of hydrogen-bond donors (Lipinski definition) is 0. The molecule has 0 aliphatic rings. The average molecular weight is 229 g/mol. The van der Waals surface area contributed by atoms with E-state index in [9.17, 15) is 13.6 Å².